The van der Waals surface area contributed by atoms with Gasteiger partial charge in [0.25, 0.3) is 0 Å². The number of aromatic nitrogens is 1. The van der Waals surface area contributed by atoms with Gasteiger partial charge in [0.15, 0.2) is 0 Å². The van der Waals surface area contributed by atoms with Gasteiger partial charge in [-0.1, -0.05) is 54.6 Å². The molecule has 0 aliphatic rings. The molecule has 4 nitrogen and oxygen atoms in total. The maximum Gasteiger partial charge on any atom is 0.415 e. The third-order valence-corrected chi connectivity index (χ3v) is 4.18. The maximum absolute atomic E-state index is 12.4. The van der Waals surface area contributed by atoms with E-state index < -0.39 is 0 Å². The highest BCUT2D eigenvalue weighted by atomic mass is 16.6. The monoisotopic (exact) mass is 346 g/mol. The van der Waals surface area contributed by atoms with Crippen LogP contribution in [0.3, 0.4) is 0 Å². The lowest BCUT2D eigenvalue weighted by molar-refractivity contribution is 0.148. The fraction of sp³-hybridized carbons (Fsp3) is 0.182. The smallest absolute Gasteiger partial charge is 0.409 e. The molecule has 0 bridgehead atoms. The highest BCUT2D eigenvalue weighted by molar-refractivity contribution is 5.86. The number of hydrogen-bond donors (Lipinski definition) is 0. The number of carbonyl (C=O) groups excluding carboxylic acids is 1. The zero-order valence-corrected chi connectivity index (χ0v) is 15.1. The summed E-state index contributed by atoms with van der Waals surface area (Å²) in [6, 6.07) is 21.5. The normalized spacial score (nSPS) is 11.4. The van der Waals surface area contributed by atoms with Gasteiger partial charge in [-0.3, -0.25) is 0 Å². The van der Waals surface area contributed by atoms with Crippen LogP contribution in [-0.4, -0.2) is 29.1 Å². The lowest BCUT2D eigenvalue weighted by Gasteiger charge is -2.19. The molecule has 132 valence electrons. The molecule has 0 unspecified atom stereocenters. The third kappa shape index (κ3) is 4.09. The van der Waals surface area contributed by atoms with Gasteiger partial charge >= 0.3 is 6.09 Å². The van der Waals surface area contributed by atoms with Crippen molar-refractivity contribution in [2.75, 3.05) is 13.1 Å². The molecule has 0 aliphatic carbocycles. The number of hydrogen-bond acceptors (Lipinski definition) is 3. The first-order valence-corrected chi connectivity index (χ1v) is 8.81. The second kappa shape index (κ2) is 8.30. The van der Waals surface area contributed by atoms with Crippen molar-refractivity contribution in [3.05, 3.63) is 78.0 Å². The number of para-hydroxylation sites is 1. The van der Waals surface area contributed by atoms with Gasteiger partial charge in [0.05, 0.1) is 11.2 Å². The van der Waals surface area contributed by atoms with Crippen molar-refractivity contribution >= 4 is 28.8 Å². The Morgan fingerprint density at radius 3 is 2.38 bits per heavy atom. The summed E-state index contributed by atoms with van der Waals surface area (Å²) in [5.74, 6) is 0.491. The average Bonchev–Trinajstić information content (AvgIpc) is 2.69. The largest absolute Gasteiger partial charge is 0.415 e. The summed E-state index contributed by atoms with van der Waals surface area (Å²) in [6.07, 6.45) is 1.45. The van der Waals surface area contributed by atoms with Crippen molar-refractivity contribution in [2.45, 2.75) is 13.8 Å². The van der Waals surface area contributed by atoms with Gasteiger partial charge in [-0.2, -0.15) is 0 Å². The second-order valence-corrected chi connectivity index (χ2v) is 5.84. The number of rotatable bonds is 5. The van der Waals surface area contributed by atoms with E-state index in [-0.39, 0.29) is 6.09 Å². The van der Waals surface area contributed by atoms with E-state index in [1.165, 1.54) is 0 Å². The van der Waals surface area contributed by atoms with Crippen molar-refractivity contribution < 1.29 is 9.53 Å². The first-order valence-electron chi connectivity index (χ1n) is 8.81. The number of benzene rings is 2. The molecule has 0 atom stereocenters. The lowest BCUT2D eigenvalue weighted by Crippen LogP contribution is -2.30. The number of ether oxygens (including phenoxy) is 1. The van der Waals surface area contributed by atoms with E-state index in [1.54, 1.807) is 4.90 Å². The van der Waals surface area contributed by atoms with Crippen LogP contribution in [0.1, 0.15) is 25.1 Å². The third-order valence-electron chi connectivity index (χ3n) is 4.18. The molecule has 26 heavy (non-hydrogen) atoms. The van der Waals surface area contributed by atoms with Crippen molar-refractivity contribution in [1.82, 2.24) is 9.88 Å². The molecule has 1 aromatic heterocycles. The summed E-state index contributed by atoms with van der Waals surface area (Å²) in [4.78, 5) is 18.7. The standard InChI is InChI=1S/C22H22N2O2/c1-3-24(4-2)22(25)26-21(18-11-6-5-7-12-18)16-19-15-14-17-10-8-9-13-20(17)23-19/h5-16H,3-4H2,1-2H3/b21-16-. The number of amides is 1. The number of pyridine rings is 1. The zero-order valence-electron chi connectivity index (χ0n) is 15.1. The van der Waals surface area contributed by atoms with Crippen LogP contribution in [0.2, 0.25) is 0 Å². The first kappa shape index (κ1) is 17.7. The van der Waals surface area contributed by atoms with Crippen molar-refractivity contribution in [3.63, 3.8) is 0 Å². The Morgan fingerprint density at radius 2 is 1.65 bits per heavy atom. The van der Waals surface area contributed by atoms with Crippen LogP contribution in [0.4, 0.5) is 4.79 Å². The maximum atomic E-state index is 12.4. The minimum absolute atomic E-state index is 0.356. The molecule has 3 rings (SSSR count). The molecule has 1 heterocycles. The highest BCUT2D eigenvalue weighted by Crippen LogP contribution is 2.21. The Labute approximate surface area is 153 Å². The van der Waals surface area contributed by atoms with Crippen molar-refractivity contribution in [3.8, 4) is 0 Å². The van der Waals surface area contributed by atoms with Gasteiger partial charge in [0, 0.05) is 30.1 Å². The Hall–Kier alpha value is -3.14. The molecule has 0 radical (unpaired) electrons. The molecule has 0 fully saturated rings. The van der Waals surface area contributed by atoms with Crippen LogP contribution < -0.4 is 0 Å². The fourth-order valence-electron chi connectivity index (χ4n) is 2.71. The van der Waals surface area contributed by atoms with Gasteiger partial charge < -0.3 is 9.64 Å². The Morgan fingerprint density at radius 1 is 0.962 bits per heavy atom. The molecule has 0 saturated carbocycles. The average molecular weight is 346 g/mol. The van der Waals surface area contributed by atoms with Crippen LogP contribution in [0.25, 0.3) is 22.7 Å². The number of carbonyl (C=O) groups is 1. The molecule has 0 spiro atoms. The van der Waals surface area contributed by atoms with E-state index in [0.717, 1.165) is 22.2 Å². The highest BCUT2D eigenvalue weighted by Gasteiger charge is 2.15. The minimum Gasteiger partial charge on any atom is -0.409 e. The van der Waals surface area contributed by atoms with Crippen LogP contribution >= 0.6 is 0 Å². The van der Waals surface area contributed by atoms with Crippen LogP contribution in [0.5, 0.6) is 0 Å². The first-order chi connectivity index (χ1) is 12.7. The molecule has 4 heteroatoms. The predicted molar refractivity (Wildman–Crippen MR) is 105 cm³/mol. The Balaban J connectivity index is 1.98. The van der Waals surface area contributed by atoms with Crippen LogP contribution in [-0.2, 0) is 4.74 Å². The quantitative estimate of drug-likeness (QED) is 0.596. The fourth-order valence-corrected chi connectivity index (χ4v) is 2.71. The molecule has 3 aromatic rings. The zero-order chi connectivity index (χ0) is 18.4. The van der Waals surface area contributed by atoms with Gasteiger partial charge in [-0.15, -0.1) is 0 Å². The topological polar surface area (TPSA) is 42.4 Å². The summed E-state index contributed by atoms with van der Waals surface area (Å²) in [5, 5.41) is 1.08. The van der Waals surface area contributed by atoms with E-state index in [2.05, 4.69) is 4.98 Å². The van der Waals surface area contributed by atoms with Gasteiger partial charge in [0.1, 0.15) is 5.76 Å². The van der Waals surface area contributed by atoms with Gasteiger partial charge in [-0.25, -0.2) is 9.78 Å². The molecule has 0 saturated heterocycles. The predicted octanol–water partition coefficient (Wildman–Crippen LogP) is 5.21. The summed E-state index contributed by atoms with van der Waals surface area (Å²) in [7, 11) is 0. The molecule has 1 amide bonds. The molecule has 2 aromatic carbocycles. The van der Waals surface area contributed by atoms with E-state index in [0.29, 0.717) is 18.8 Å². The Kier molecular flexibility index (Phi) is 5.64. The lowest BCUT2D eigenvalue weighted by atomic mass is 10.1. The summed E-state index contributed by atoms with van der Waals surface area (Å²) < 4.78 is 5.70. The van der Waals surface area contributed by atoms with Gasteiger partial charge in [-0.05, 0) is 26.0 Å². The van der Waals surface area contributed by atoms with Crippen LogP contribution in [0.15, 0.2) is 66.7 Å². The van der Waals surface area contributed by atoms with Crippen molar-refractivity contribution in [1.29, 1.82) is 0 Å². The minimum atomic E-state index is -0.356. The summed E-state index contributed by atoms with van der Waals surface area (Å²) in [6.45, 7) is 5.07. The molecule has 0 aliphatic heterocycles. The Bertz CT molecular complexity index is 916. The number of fused-ring (bicyclic) bond motifs is 1. The molecular formula is C22H22N2O2. The van der Waals surface area contributed by atoms with E-state index >= 15 is 0 Å². The number of nitrogens with zero attached hydrogens (tertiary/aromatic N) is 2. The second-order valence-electron chi connectivity index (χ2n) is 5.84. The van der Waals surface area contributed by atoms with E-state index in [9.17, 15) is 4.79 Å². The SMILES string of the molecule is CCN(CC)C(=O)O/C(=C\c1ccc2ccccc2n1)c1ccccc1. The molecule has 0 N–H and O–H groups in total. The van der Waals surface area contributed by atoms with E-state index in [4.69, 9.17) is 4.74 Å². The van der Waals surface area contributed by atoms with Crippen LogP contribution in [0, 0.1) is 0 Å². The van der Waals surface area contributed by atoms with Gasteiger partial charge in [0.2, 0.25) is 0 Å². The van der Waals surface area contributed by atoms with E-state index in [1.807, 2.05) is 86.7 Å². The summed E-state index contributed by atoms with van der Waals surface area (Å²) in [5.41, 5.74) is 2.49. The summed E-state index contributed by atoms with van der Waals surface area (Å²) >= 11 is 0. The van der Waals surface area contributed by atoms with Crippen molar-refractivity contribution in [2.24, 2.45) is 0 Å². The molecular weight excluding hydrogens is 324 g/mol.